The van der Waals surface area contributed by atoms with Crippen molar-refractivity contribution in [2.75, 3.05) is 27.9 Å². The Kier molecular flexibility index (Phi) is 4.93. The van der Waals surface area contributed by atoms with Crippen LogP contribution in [-0.4, -0.2) is 44.7 Å². The zero-order valence-electron chi connectivity index (χ0n) is 16.0. The molecule has 2 heterocycles. The third-order valence-electron chi connectivity index (χ3n) is 5.09. The number of nitrogens with one attached hydrogen (secondary N) is 3. The molecule has 1 aliphatic heterocycles. The van der Waals surface area contributed by atoms with E-state index in [0.29, 0.717) is 29.4 Å². The van der Waals surface area contributed by atoms with Crippen molar-refractivity contribution in [2.45, 2.75) is 12.2 Å². The van der Waals surface area contributed by atoms with Gasteiger partial charge in [-0.2, -0.15) is 0 Å². The average molecular weight is 381 g/mol. The number of carbonyl (C=O) groups excluding carboxylic acids is 1. The molecule has 0 saturated carbocycles. The Morgan fingerprint density at radius 3 is 2.43 bits per heavy atom. The van der Waals surface area contributed by atoms with E-state index in [9.17, 15) is 4.79 Å². The van der Waals surface area contributed by atoms with E-state index >= 15 is 0 Å². The van der Waals surface area contributed by atoms with Gasteiger partial charge in [-0.25, -0.2) is 0 Å². The van der Waals surface area contributed by atoms with Crippen molar-refractivity contribution in [3.63, 3.8) is 0 Å². The van der Waals surface area contributed by atoms with E-state index in [0.717, 1.165) is 16.5 Å². The van der Waals surface area contributed by atoms with Crippen molar-refractivity contribution in [2.24, 2.45) is 0 Å². The molecule has 1 saturated heterocycles. The van der Waals surface area contributed by atoms with Crippen LogP contribution in [0.4, 0.5) is 0 Å². The first-order valence-corrected chi connectivity index (χ1v) is 9.06. The van der Waals surface area contributed by atoms with Gasteiger partial charge in [0, 0.05) is 34.8 Å². The lowest BCUT2D eigenvalue weighted by Gasteiger charge is -2.16. The van der Waals surface area contributed by atoms with Gasteiger partial charge in [-0.1, -0.05) is 18.2 Å². The zero-order valence-corrected chi connectivity index (χ0v) is 16.0. The van der Waals surface area contributed by atoms with Crippen molar-refractivity contribution in [1.29, 1.82) is 0 Å². The first kappa shape index (κ1) is 18.3. The highest BCUT2D eigenvalue weighted by Crippen LogP contribution is 2.38. The van der Waals surface area contributed by atoms with Crippen molar-refractivity contribution >= 4 is 16.7 Å². The minimum atomic E-state index is -0.360. The number of rotatable bonds is 6. The first-order valence-electron chi connectivity index (χ1n) is 9.06. The van der Waals surface area contributed by atoms with Gasteiger partial charge in [0.2, 0.25) is 5.75 Å². The van der Waals surface area contributed by atoms with Crippen LogP contribution in [0.3, 0.4) is 0 Å². The normalized spacial score (nSPS) is 19.0. The molecule has 4 rings (SSSR count). The lowest BCUT2D eigenvalue weighted by molar-refractivity contribution is 0.0954. The molecule has 7 heteroatoms. The molecule has 0 amide bonds. The number of ketones is 1. The molecule has 7 nitrogen and oxygen atoms in total. The van der Waals surface area contributed by atoms with Crippen molar-refractivity contribution in [3.8, 4) is 17.2 Å². The lowest BCUT2D eigenvalue weighted by Crippen LogP contribution is -2.34. The average Bonchev–Trinajstić information content (AvgIpc) is 3.38. The number of aromatic amines is 1. The van der Waals surface area contributed by atoms with Gasteiger partial charge in [0.1, 0.15) is 0 Å². The Labute approximate surface area is 163 Å². The number of para-hydroxylation sites is 1. The van der Waals surface area contributed by atoms with Crippen LogP contribution in [0, 0.1) is 0 Å². The molecule has 2 aromatic carbocycles. The number of fused-ring (bicyclic) bond motifs is 1. The second-order valence-electron chi connectivity index (χ2n) is 6.63. The van der Waals surface area contributed by atoms with Gasteiger partial charge in [-0.3, -0.25) is 15.4 Å². The fraction of sp³-hybridized carbons (Fsp3) is 0.286. The summed E-state index contributed by atoms with van der Waals surface area (Å²) in [6, 6.07) is 11.1. The fourth-order valence-corrected chi connectivity index (χ4v) is 3.68. The number of benzene rings is 2. The van der Waals surface area contributed by atoms with Crippen LogP contribution in [0.15, 0.2) is 42.6 Å². The highest BCUT2D eigenvalue weighted by Gasteiger charge is 2.32. The van der Waals surface area contributed by atoms with E-state index in [-0.39, 0.29) is 18.0 Å². The van der Waals surface area contributed by atoms with Gasteiger partial charge < -0.3 is 19.2 Å². The Hall–Kier alpha value is -3.03. The van der Waals surface area contributed by atoms with Crippen molar-refractivity contribution in [3.05, 3.63) is 53.7 Å². The summed E-state index contributed by atoms with van der Waals surface area (Å²) < 4.78 is 16.1. The highest BCUT2D eigenvalue weighted by atomic mass is 16.5. The lowest BCUT2D eigenvalue weighted by atomic mass is 10.0. The molecule has 146 valence electrons. The van der Waals surface area contributed by atoms with E-state index in [4.69, 9.17) is 14.2 Å². The van der Waals surface area contributed by atoms with Gasteiger partial charge in [0.05, 0.1) is 33.5 Å². The maximum absolute atomic E-state index is 13.1. The number of carbonyl (C=O) groups is 1. The van der Waals surface area contributed by atoms with Crippen LogP contribution in [0.5, 0.6) is 17.2 Å². The Morgan fingerprint density at radius 1 is 1.04 bits per heavy atom. The Bertz CT molecular complexity index is 989. The molecule has 1 aromatic heterocycles. The molecule has 2 unspecified atom stereocenters. The predicted molar refractivity (Wildman–Crippen MR) is 106 cm³/mol. The summed E-state index contributed by atoms with van der Waals surface area (Å²) in [5.41, 5.74) is 2.67. The molecule has 0 radical (unpaired) electrons. The fourth-order valence-electron chi connectivity index (χ4n) is 3.68. The molecular formula is C21H23N3O4. The number of hydrogen-bond donors (Lipinski definition) is 3. The van der Waals surface area contributed by atoms with Gasteiger partial charge in [0.15, 0.2) is 17.3 Å². The van der Waals surface area contributed by atoms with Crippen LogP contribution in [0.2, 0.25) is 0 Å². The van der Waals surface area contributed by atoms with E-state index in [1.807, 2.05) is 24.4 Å². The topological polar surface area (TPSA) is 84.6 Å². The summed E-state index contributed by atoms with van der Waals surface area (Å²) in [6.07, 6.45) is 1.87. The van der Waals surface area contributed by atoms with Crippen LogP contribution >= 0.6 is 0 Å². The maximum Gasteiger partial charge on any atom is 0.203 e. The second kappa shape index (κ2) is 7.53. The smallest absolute Gasteiger partial charge is 0.203 e. The zero-order chi connectivity index (χ0) is 19.7. The second-order valence-corrected chi connectivity index (χ2v) is 6.63. The van der Waals surface area contributed by atoms with Crippen LogP contribution < -0.4 is 24.8 Å². The summed E-state index contributed by atoms with van der Waals surface area (Å²) in [4.78, 5) is 16.4. The third kappa shape index (κ3) is 3.08. The monoisotopic (exact) mass is 381 g/mol. The maximum atomic E-state index is 13.1. The highest BCUT2D eigenvalue weighted by molar-refractivity contribution is 6.01. The number of H-pyrrole nitrogens is 1. The predicted octanol–water partition coefficient (Wildman–Crippen LogP) is 2.64. The minimum absolute atomic E-state index is 0.0332. The van der Waals surface area contributed by atoms with Crippen molar-refractivity contribution < 1.29 is 19.0 Å². The summed E-state index contributed by atoms with van der Waals surface area (Å²) in [7, 11) is 4.61. The number of aromatic nitrogens is 1. The summed E-state index contributed by atoms with van der Waals surface area (Å²) >= 11 is 0. The van der Waals surface area contributed by atoms with Crippen molar-refractivity contribution in [1.82, 2.24) is 15.6 Å². The standard InChI is InChI=1S/C21H23N3O4/c1-26-17-8-12(9-18(27-2)20(17)28-3)19(25)16-11-23-21(24-16)14-10-22-15-7-5-4-6-13(14)15/h4-10,16,21-24H,11H2,1-3H3. The van der Waals surface area contributed by atoms with E-state index in [1.54, 1.807) is 12.1 Å². The molecule has 0 spiro atoms. The largest absolute Gasteiger partial charge is 0.493 e. The first-order chi connectivity index (χ1) is 13.7. The summed E-state index contributed by atoms with van der Waals surface area (Å²) in [6.45, 7) is 0.527. The minimum Gasteiger partial charge on any atom is -0.493 e. The number of Topliss-reactive ketones (excluding diaryl/α,β-unsaturated/α-hetero) is 1. The number of hydrogen-bond acceptors (Lipinski definition) is 6. The molecule has 3 aromatic rings. The summed E-state index contributed by atoms with van der Waals surface area (Å²) in [5, 5.41) is 7.92. The molecule has 3 N–H and O–H groups in total. The van der Waals surface area contributed by atoms with E-state index in [2.05, 4.69) is 21.7 Å². The molecule has 2 atom stereocenters. The van der Waals surface area contributed by atoms with Gasteiger partial charge in [-0.15, -0.1) is 0 Å². The summed E-state index contributed by atoms with van der Waals surface area (Å²) in [5.74, 6) is 1.36. The molecule has 0 aliphatic carbocycles. The Balaban J connectivity index is 1.58. The quantitative estimate of drug-likeness (QED) is 0.569. The third-order valence-corrected chi connectivity index (χ3v) is 5.09. The molecule has 0 bridgehead atoms. The van der Waals surface area contributed by atoms with Gasteiger partial charge in [0.25, 0.3) is 0 Å². The molecular weight excluding hydrogens is 358 g/mol. The van der Waals surface area contributed by atoms with E-state index < -0.39 is 0 Å². The Morgan fingerprint density at radius 2 is 1.75 bits per heavy atom. The van der Waals surface area contributed by atoms with Gasteiger partial charge in [-0.05, 0) is 18.2 Å². The van der Waals surface area contributed by atoms with Crippen LogP contribution in [0.1, 0.15) is 22.1 Å². The van der Waals surface area contributed by atoms with Crippen LogP contribution in [0.25, 0.3) is 10.9 Å². The SMILES string of the molecule is COc1cc(C(=O)C2CNC(c3c[nH]c4ccccc34)N2)cc(OC)c1OC. The number of methoxy groups -OCH3 is 3. The number of ether oxygens (including phenoxy) is 3. The van der Waals surface area contributed by atoms with Gasteiger partial charge >= 0.3 is 0 Å². The molecule has 1 fully saturated rings. The van der Waals surface area contributed by atoms with Crippen LogP contribution in [-0.2, 0) is 0 Å². The van der Waals surface area contributed by atoms with E-state index in [1.165, 1.54) is 21.3 Å². The molecule has 1 aliphatic rings. The molecule has 28 heavy (non-hydrogen) atoms.